The summed E-state index contributed by atoms with van der Waals surface area (Å²) in [4.78, 5) is 27.7. The molecule has 156 valence electrons. The number of amidine groups is 1. The fraction of sp³-hybridized carbons (Fsp3) is 0.0476. The van der Waals surface area contributed by atoms with Gasteiger partial charge >= 0.3 is 0 Å². The number of aryl methyl sites for hydroxylation is 1. The van der Waals surface area contributed by atoms with Crippen LogP contribution in [-0.4, -0.2) is 16.0 Å². The van der Waals surface area contributed by atoms with Gasteiger partial charge < -0.3 is 9.73 Å². The Labute approximate surface area is 194 Å². The lowest BCUT2D eigenvalue weighted by Gasteiger charge is -2.01. The Hall–Kier alpha value is -2.88. The SMILES string of the molecule is Cc1cc(Cl)ccc1N=C1NC(=O)/C(=C/c2ccc(-c3ccc([N+](=O)[O-])cc3Br)o2)S1. The molecule has 0 saturated carbocycles. The fourth-order valence-electron chi connectivity index (χ4n) is 2.86. The summed E-state index contributed by atoms with van der Waals surface area (Å²) in [6.45, 7) is 1.89. The number of carbonyl (C=O) groups excluding carboxylic acids is 1. The minimum atomic E-state index is -0.465. The third-order valence-electron chi connectivity index (χ3n) is 4.36. The minimum Gasteiger partial charge on any atom is -0.457 e. The normalized spacial score (nSPS) is 16.2. The average Bonchev–Trinajstić information content (AvgIpc) is 3.31. The molecule has 4 rings (SSSR count). The Balaban J connectivity index is 1.56. The third-order valence-corrected chi connectivity index (χ3v) is 6.16. The van der Waals surface area contributed by atoms with Gasteiger partial charge in [0.1, 0.15) is 11.5 Å². The first-order valence-electron chi connectivity index (χ1n) is 8.90. The Morgan fingerprint density at radius 2 is 2.03 bits per heavy atom. The van der Waals surface area contributed by atoms with Crippen LogP contribution < -0.4 is 5.32 Å². The zero-order valence-electron chi connectivity index (χ0n) is 15.9. The monoisotopic (exact) mass is 517 g/mol. The lowest BCUT2D eigenvalue weighted by Crippen LogP contribution is -2.19. The number of non-ortho nitro benzene ring substituents is 1. The second-order valence-corrected chi connectivity index (χ2v) is 8.86. The van der Waals surface area contributed by atoms with Crippen LogP contribution in [0.15, 0.2) is 67.3 Å². The highest BCUT2D eigenvalue weighted by Crippen LogP contribution is 2.34. The molecule has 1 aliphatic rings. The van der Waals surface area contributed by atoms with Crippen molar-refractivity contribution in [1.82, 2.24) is 5.32 Å². The highest BCUT2D eigenvalue weighted by atomic mass is 79.9. The molecule has 1 fully saturated rings. The molecule has 0 aliphatic carbocycles. The molecule has 0 bridgehead atoms. The summed E-state index contributed by atoms with van der Waals surface area (Å²) in [5.74, 6) is 0.717. The maximum absolute atomic E-state index is 12.3. The summed E-state index contributed by atoms with van der Waals surface area (Å²) in [6.07, 6.45) is 1.63. The van der Waals surface area contributed by atoms with E-state index in [1.807, 2.05) is 6.92 Å². The van der Waals surface area contributed by atoms with Gasteiger partial charge in [0.25, 0.3) is 11.6 Å². The molecular weight excluding hydrogens is 506 g/mol. The number of carbonyl (C=O) groups is 1. The van der Waals surface area contributed by atoms with Gasteiger partial charge in [0, 0.05) is 33.3 Å². The molecule has 7 nitrogen and oxygen atoms in total. The average molecular weight is 519 g/mol. The number of amides is 1. The number of aliphatic imine (C=N–C) groups is 1. The Bertz CT molecular complexity index is 1290. The van der Waals surface area contributed by atoms with E-state index in [1.54, 1.807) is 42.5 Å². The molecule has 0 spiro atoms. The molecule has 1 amide bonds. The predicted octanol–water partition coefficient (Wildman–Crippen LogP) is 6.47. The van der Waals surface area contributed by atoms with E-state index >= 15 is 0 Å². The molecular formula is C21H13BrClN3O4S. The number of nitro groups is 1. The first-order valence-corrected chi connectivity index (χ1v) is 10.9. The summed E-state index contributed by atoms with van der Waals surface area (Å²) < 4.78 is 6.36. The largest absolute Gasteiger partial charge is 0.457 e. The van der Waals surface area contributed by atoms with Gasteiger partial charge in [-0.15, -0.1) is 0 Å². The van der Waals surface area contributed by atoms with Crippen molar-refractivity contribution in [2.45, 2.75) is 6.92 Å². The zero-order chi connectivity index (χ0) is 22.1. The maximum atomic E-state index is 12.3. The number of hydrogen-bond donors (Lipinski definition) is 1. The number of furan rings is 1. The van der Waals surface area contributed by atoms with Crippen molar-refractivity contribution in [3.63, 3.8) is 0 Å². The number of nitro benzene ring substituents is 1. The number of thioether (sulfide) groups is 1. The number of hydrogen-bond acceptors (Lipinski definition) is 6. The van der Waals surface area contributed by atoms with Crippen molar-refractivity contribution in [2.24, 2.45) is 4.99 Å². The van der Waals surface area contributed by atoms with Crippen molar-refractivity contribution in [2.75, 3.05) is 0 Å². The molecule has 10 heteroatoms. The van der Waals surface area contributed by atoms with Crippen molar-refractivity contribution in [1.29, 1.82) is 0 Å². The summed E-state index contributed by atoms with van der Waals surface area (Å²) in [5.41, 5.74) is 2.26. The fourth-order valence-corrected chi connectivity index (χ4v) is 4.46. The number of nitrogens with zero attached hydrogens (tertiary/aromatic N) is 2. The van der Waals surface area contributed by atoms with Gasteiger partial charge in [0.15, 0.2) is 5.17 Å². The Morgan fingerprint density at radius 1 is 1.23 bits per heavy atom. The summed E-state index contributed by atoms with van der Waals surface area (Å²) in [5, 5.41) is 14.7. The van der Waals surface area contributed by atoms with Gasteiger partial charge in [-0.1, -0.05) is 11.6 Å². The quantitative estimate of drug-likeness (QED) is 0.242. The van der Waals surface area contributed by atoms with E-state index in [0.29, 0.717) is 36.7 Å². The van der Waals surface area contributed by atoms with Crippen LogP contribution in [0.25, 0.3) is 17.4 Å². The van der Waals surface area contributed by atoms with Gasteiger partial charge in [-0.25, -0.2) is 4.99 Å². The van der Waals surface area contributed by atoms with E-state index < -0.39 is 4.92 Å². The molecule has 0 atom stereocenters. The second kappa shape index (κ2) is 8.70. The van der Waals surface area contributed by atoms with E-state index in [-0.39, 0.29) is 11.6 Å². The second-order valence-electron chi connectivity index (χ2n) is 6.54. The first kappa shape index (κ1) is 21.4. The highest BCUT2D eigenvalue weighted by molar-refractivity contribution is 9.10. The van der Waals surface area contributed by atoms with Gasteiger partial charge in [-0.05, 0) is 76.6 Å². The first-order chi connectivity index (χ1) is 14.8. The van der Waals surface area contributed by atoms with E-state index in [1.165, 1.54) is 23.9 Å². The van der Waals surface area contributed by atoms with Gasteiger partial charge in [0.2, 0.25) is 0 Å². The van der Waals surface area contributed by atoms with E-state index in [0.717, 1.165) is 11.3 Å². The smallest absolute Gasteiger partial charge is 0.270 e. The molecule has 31 heavy (non-hydrogen) atoms. The van der Waals surface area contributed by atoms with E-state index in [9.17, 15) is 14.9 Å². The van der Waals surface area contributed by atoms with Crippen LogP contribution in [0, 0.1) is 17.0 Å². The van der Waals surface area contributed by atoms with Crippen LogP contribution in [0.1, 0.15) is 11.3 Å². The topological polar surface area (TPSA) is 97.7 Å². The van der Waals surface area contributed by atoms with Gasteiger partial charge in [0.05, 0.1) is 15.5 Å². The predicted molar refractivity (Wildman–Crippen MR) is 125 cm³/mol. The molecule has 2 aromatic carbocycles. The number of rotatable bonds is 4. The van der Waals surface area contributed by atoms with Crippen LogP contribution in [-0.2, 0) is 4.79 Å². The molecule has 3 aromatic rings. The summed E-state index contributed by atoms with van der Waals surface area (Å²) in [7, 11) is 0. The molecule has 1 aromatic heterocycles. The van der Waals surface area contributed by atoms with Crippen LogP contribution in [0.2, 0.25) is 5.02 Å². The summed E-state index contributed by atoms with van der Waals surface area (Å²) in [6, 6.07) is 13.2. The van der Waals surface area contributed by atoms with Gasteiger partial charge in [-0.3, -0.25) is 14.9 Å². The van der Waals surface area contributed by atoms with Crippen molar-refractivity contribution in [3.05, 3.63) is 84.4 Å². The zero-order valence-corrected chi connectivity index (χ0v) is 19.0. The molecule has 2 heterocycles. The highest BCUT2D eigenvalue weighted by Gasteiger charge is 2.24. The lowest BCUT2D eigenvalue weighted by atomic mass is 10.1. The van der Waals surface area contributed by atoms with Crippen LogP contribution >= 0.6 is 39.3 Å². The van der Waals surface area contributed by atoms with Crippen LogP contribution in [0.4, 0.5) is 11.4 Å². The van der Waals surface area contributed by atoms with Crippen molar-refractivity contribution in [3.8, 4) is 11.3 Å². The van der Waals surface area contributed by atoms with E-state index in [4.69, 9.17) is 16.0 Å². The van der Waals surface area contributed by atoms with E-state index in [2.05, 4.69) is 26.2 Å². The Kier molecular flexibility index (Phi) is 5.99. The molecule has 1 N–H and O–H groups in total. The Morgan fingerprint density at radius 3 is 2.74 bits per heavy atom. The maximum Gasteiger partial charge on any atom is 0.270 e. The number of halogens is 2. The van der Waals surface area contributed by atoms with Crippen molar-refractivity contribution >= 4 is 67.8 Å². The van der Waals surface area contributed by atoms with Crippen molar-refractivity contribution < 1.29 is 14.1 Å². The minimum absolute atomic E-state index is 0.0220. The van der Waals surface area contributed by atoms with Gasteiger partial charge in [-0.2, -0.15) is 0 Å². The number of benzene rings is 2. The van der Waals surface area contributed by atoms with Crippen LogP contribution in [0.5, 0.6) is 0 Å². The summed E-state index contributed by atoms with van der Waals surface area (Å²) >= 11 is 10.5. The molecule has 1 aliphatic heterocycles. The molecule has 0 radical (unpaired) electrons. The molecule has 0 unspecified atom stereocenters. The molecule has 1 saturated heterocycles. The standard InChI is InChI=1S/C21H13BrClN3O4S/c1-11-8-12(23)2-6-17(11)24-21-25-20(27)19(31-21)10-14-4-7-18(30-14)15-5-3-13(26(28)29)9-16(15)22/h2-10H,1H3,(H,24,25,27)/b19-10-. The third kappa shape index (κ3) is 4.73. The lowest BCUT2D eigenvalue weighted by molar-refractivity contribution is -0.384. The van der Waals surface area contributed by atoms with Crippen LogP contribution in [0.3, 0.4) is 0 Å². The number of nitrogens with one attached hydrogen (secondary N) is 1.